The van der Waals surface area contributed by atoms with Gasteiger partial charge in [0.25, 0.3) is 5.91 Å². The van der Waals surface area contributed by atoms with E-state index in [1.165, 1.54) is 6.33 Å². The van der Waals surface area contributed by atoms with E-state index in [2.05, 4.69) is 15.4 Å². The smallest absolute Gasteiger partial charge is 0.288 e. The molecule has 0 atom stereocenters. The quantitative estimate of drug-likeness (QED) is 0.781. The number of nitrogens with zero attached hydrogens (tertiary/aromatic N) is 3. The molecule has 0 fully saturated rings. The average molecular weight is 196 g/mol. The summed E-state index contributed by atoms with van der Waals surface area (Å²) in [6.07, 6.45) is 2.32. The second kappa shape index (κ2) is 4.74. The first kappa shape index (κ1) is 10.7. The van der Waals surface area contributed by atoms with Crippen LogP contribution in [0.3, 0.4) is 0 Å². The molecule has 78 valence electrons. The molecular formula is C9H16N4O. The summed E-state index contributed by atoms with van der Waals surface area (Å²) in [5, 5.41) is 6.76. The molecule has 0 unspecified atom stereocenters. The van der Waals surface area contributed by atoms with Gasteiger partial charge >= 0.3 is 0 Å². The van der Waals surface area contributed by atoms with Crippen molar-refractivity contribution in [2.24, 2.45) is 0 Å². The number of carbonyl (C=O) groups excluding carboxylic acids is 1. The van der Waals surface area contributed by atoms with Gasteiger partial charge in [0.15, 0.2) is 0 Å². The molecule has 1 rings (SSSR count). The Kier molecular flexibility index (Phi) is 3.62. The molecule has 1 aromatic heterocycles. The molecule has 0 aliphatic rings. The van der Waals surface area contributed by atoms with Crippen molar-refractivity contribution in [1.82, 2.24) is 20.1 Å². The van der Waals surface area contributed by atoms with Crippen LogP contribution in [0.5, 0.6) is 0 Å². The van der Waals surface area contributed by atoms with Crippen LogP contribution < -0.4 is 5.32 Å². The molecule has 1 amide bonds. The highest BCUT2D eigenvalue weighted by molar-refractivity contribution is 5.90. The predicted octanol–water partition coefficient (Wildman–Crippen LogP) is 0.999. The average Bonchev–Trinajstić information content (AvgIpc) is 2.62. The molecule has 14 heavy (non-hydrogen) atoms. The minimum Gasteiger partial charge on any atom is -0.349 e. The van der Waals surface area contributed by atoms with Crippen molar-refractivity contribution in [3.8, 4) is 0 Å². The summed E-state index contributed by atoms with van der Waals surface area (Å²) < 4.78 is 1.62. The first-order valence-electron chi connectivity index (χ1n) is 4.84. The predicted molar refractivity (Wildman–Crippen MR) is 53.0 cm³/mol. The summed E-state index contributed by atoms with van der Waals surface area (Å²) in [6, 6.07) is 0.153. The minimum atomic E-state index is -0.155. The Labute approximate surface area is 83.5 Å². The molecule has 0 saturated heterocycles. The summed E-state index contributed by atoms with van der Waals surface area (Å²) in [4.78, 5) is 15.5. The monoisotopic (exact) mass is 196 g/mol. The van der Waals surface area contributed by atoms with Crippen LogP contribution in [0.25, 0.3) is 0 Å². The number of hydrogen-bond donors (Lipinski definition) is 1. The van der Waals surface area contributed by atoms with Crippen molar-refractivity contribution in [1.29, 1.82) is 0 Å². The number of hydrogen-bond acceptors (Lipinski definition) is 3. The highest BCUT2D eigenvalue weighted by Crippen LogP contribution is 2.04. The summed E-state index contributed by atoms with van der Waals surface area (Å²) >= 11 is 0. The van der Waals surface area contributed by atoms with Gasteiger partial charge in [-0.2, -0.15) is 5.10 Å². The molecule has 0 spiro atoms. The van der Waals surface area contributed by atoms with E-state index in [-0.39, 0.29) is 11.9 Å². The molecule has 5 nitrogen and oxygen atoms in total. The van der Waals surface area contributed by atoms with Crippen molar-refractivity contribution in [2.75, 3.05) is 6.54 Å². The molecule has 5 heteroatoms. The second-order valence-electron chi connectivity index (χ2n) is 3.38. The van der Waals surface area contributed by atoms with Crippen LogP contribution in [0, 0.1) is 0 Å². The van der Waals surface area contributed by atoms with Gasteiger partial charge in [-0.3, -0.25) is 4.79 Å². The van der Waals surface area contributed by atoms with Gasteiger partial charge in [-0.15, -0.1) is 0 Å². The fraction of sp³-hybridized carbons (Fsp3) is 0.667. The van der Waals surface area contributed by atoms with E-state index >= 15 is 0 Å². The Bertz CT molecular complexity index is 306. The highest BCUT2D eigenvalue weighted by Gasteiger charge is 2.14. The Morgan fingerprint density at radius 2 is 2.36 bits per heavy atom. The summed E-state index contributed by atoms with van der Waals surface area (Å²) in [7, 11) is 0. The fourth-order valence-corrected chi connectivity index (χ4v) is 1.11. The minimum absolute atomic E-state index is 0.153. The van der Waals surface area contributed by atoms with Gasteiger partial charge in [0.05, 0.1) is 0 Å². The molecule has 0 aliphatic carbocycles. The Balaban J connectivity index is 2.74. The normalized spacial score (nSPS) is 10.6. The zero-order valence-electron chi connectivity index (χ0n) is 8.82. The van der Waals surface area contributed by atoms with Gasteiger partial charge in [0.1, 0.15) is 6.33 Å². The number of amides is 1. The SMILES string of the molecule is CCCNC(=O)c1ncnn1C(C)C. The molecule has 0 bridgehead atoms. The Hall–Kier alpha value is -1.39. The molecule has 0 radical (unpaired) electrons. The third-order valence-corrected chi connectivity index (χ3v) is 1.80. The van der Waals surface area contributed by atoms with Crippen LogP contribution in [-0.4, -0.2) is 27.2 Å². The van der Waals surface area contributed by atoms with Crippen molar-refractivity contribution < 1.29 is 4.79 Å². The van der Waals surface area contributed by atoms with Gasteiger partial charge < -0.3 is 5.32 Å². The lowest BCUT2D eigenvalue weighted by Gasteiger charge is -2.08. The third-order valence-electron chi connectivity index (χ3n) is 1.80. The topological polar surface area (TPSA) is 59.8 Å². The van der Waals surface area contributed by atoms with E-state index in [1.807, 2.05) is 20.8 Å². The van der Waals surface area contributed by atoms with Crippen LogP contribution in [0.4, 0.5) is 0 Å². The molecule has 0 aliphatic heterocycles. The third kappa shape index (κ3) is 2.31. The van der Waals surface area contributed by atoms with E-state index in [4.69, 9.17) is 0 Å². The van der Waals surface area contributed by atoms with Crippen molar-refractivity contribution in [3.05, 3.63) is 12.2 Å². The fourth-order valence-electron chi connectivity index (χ4n) is 1.11. The summed E-state index contributed by atoms with van der Waals surface area (Å²) in [5.41, 5.74) is 0. The van der Waals surface area contributed by atoms with Crippen LogP contribution in [0.15, 0.2) is 6.33 Å². The van der Waals surface area contributed by atoms with E-state index in [0.717, 1.165) is 6.42 Å². The zero-order valence-corrected chi connectivity index (χ0v) is 8.82. The first-order chi connectivity index (χ1) is 6.66. The standard InChI is InChI=1S/C9H16N4O/c1-4-5-10-9(14)8-11-6-12-13(8)7(2)3/h6-7H,4-5H2,1-3H3,(H,10,14). The van der Waals surface area contributed by atoms with Gasteiger partial charge in [-0.25, -0.2) is 9.67 Å². The number of aromatic nitrogens is 3. The van der Waals surface area contributed by atoms with Gasteiger partial charge in [-0.05, 0) is 20.3 Å². The highest BCUT2D eigenvalue weighted by atomic mass is 16.2. The Morgan fingerprint density at radius 1 is 1.64 bits per heavy atom. The maximum Gasteiger partial charge on any atom is 0.288 e. The number of rotatable bonds is 4. The lowest BCUT2D eigenvalue weighted by Crippen LogP contribution is -2.28. The van der Waals surface area contributed by atoms with Crippen LogP contribution in [0.1, 0.15) is 43.9 Å². The zero-order chi connectivity index (χ0) is 10.6. The summed E-state index contributed by atoms with van der Waals surface area (Å²) in [5.74, 6) is 0.228. The molecule has 1 aromatic rings. The summed E-state index contributed by atoms with van der Waals surface area (Å²) in [6.45, 7) is 6.60. The van der Waals surface area contributed by atoms with E-state index in [1.54, 1.807) is 4.68 Å². The molecule has 0 aromatic carbocycles. The lowest BCUT2D eigenvalue weighted by molar-refractivity contribution is 0.0935. The van der Waals surface area contributed by atoms with Gasteiger partial charge in [0.2, 0.25) is 5.82 Å². The van der Waals surface area contributed by atoms with Gasteiger partial charge in [0, 0.05) is 12.6 Å². The maximum atomic E-state index is 11.6. The maximum absolute atomic E-state index is 11.6. The second-order valence-corrected chi connectivity index (χ2v) is 3.38. The van der Waals surface area contributed by atoms with Gasteiger partial charge in [-0.1, -0.05) is 6.92 Å². The number of carbonyl (C=O) groups is 1. The number of nitrogens with one attached hydrogen (secondary N) is 1. The van der Waals surface area contributed by atoms with Crippen LogP contribution >= 0.6 is 0 Å². The molecular weight excluding hydrogens is 180 g/mol. The largest absolute Gasteiger partial charge is 0.349 e. The molecule has 1 N–H and O–H groups in total. The van der Waals surface area contributed by atoms with E-state index in [0.29, 0.717) is 12.4 Å². The van der Waals surface area contributed by atoms with Crippen molar-refractivity contribution in [3.63, 3.8) is 0 Å². The molecule has 1 heterocycles. The Morgan fingerprint density at radius 3 is 2.93 bits per heavy atom. The van der Waals surface area contributed by atoms with Crippen molar-refractivity contribution in [2.45, 2.75) is 33.2 Å². The van der Waals surface area contributed by atoms with E-state index < -0.39 is 0 Å². The van der Waals surface area contributed by atoms with E-state index in [9.17, 15) is 4.79 Å². The first-order valence-corrected chi connectivity index (χ1v) is 4.84. The lowest BCUT2D eigenvalue weighted by atomic mass is 10.4. The van der Waals surface area contributed by atoms with Crippen LogP contribution in [0.2, 0.25) is 0 Å². The van der Waals surface area contributed by atoms with Crippen molar-refractivity contribution >= 4 is 5.91 Å². The van der Waals surface area contributed by atoms with Crippen LogP contribution in [-0.2, 0) is 0 Å². The molecule has 0 saturated carbocycles.